The zero-order chi connectivity index (χ0) is 14.7. The number of nitrogens with zero attached hydrogens (tertiary/aromatic N) is 3. The van der Waals surface area contributed by atoms with Gasteiger partial charge in [0.15, 0.2) is 0 Å². The van der Waals surface area contributed by atoms with Crippen molar-refractivity contribution < 1.29 is 9.66 Å². The lowest BCUT2D eigenvalue weighted by atomic mass is 10.3. The maximum atomic E-state index is 11.2. The average molecular weight is 387 g/mol. The van der Waals surface area contributed by atoms with Crippen molar-refractivity contribution in [2.75, 3.05) is 0 Å². The largest absolute Gasteiger partial charge is 0.433 e. The highest BCUT2D eigenvalue weighted by Crippen LogP contribution is 2.35. The fraction of sp³-hybridized carbons (Fsp3) is 0.308. The number of nitro groups is 1. The molecule has 0 atom stereocenters. The van der Waals surface area contributed by atoms with E-state index in [-0.39, 0.29) is 11.6 Å². The molecule has 0 aliphatic carbocycles. The predicted molar refractivity (Wildman–Crippen MR) is 83.1 cm³/mol. The Morgan fingerprint density at radius 3 is 2.75 bits per heavy atom. The average Bonchev–Trinajstić information content (AvgIpc) is 2.69. The van der Waals surface area contributed by atoms with Gasteiger partial charge in [-0.15, -0.1) is 0 Å². The van der Waals surface area contributed by atoms with Crippen molar-refractivity contribution >= 4 is 28.3 Å². The van der Waals surface area contributed by atoms with E-state index in [1.165, 1.54) is 0 Å². The van der Waals surface area contributed by atoms with Crippen molar-refractivity contribution in [3.05, 3.63) is 43.6 Å². The van der Waals surface area contributed by atoms with Crippen LogP contribution in [0.1, 0.15) is 19.0 Å². The molecule has 1 heterocycles. The molecule has 0 aliphatic rings. The van der Waals surface area contributed by atoms with E-state index < -0.39 is 4.92 Å². The summed E-state index contributed by atoms with van der Waals surface area (Å²) >= 11 is 2.13. The van der Waals surface area contributed by atoms with Crippen LogP contribution in [0, 0.1) is 20.6 Å². The van der Waals surface area contributed by atoms with Gasteiger partial charge in [-0.1, -0.05) is 19.1 Å². The molecule has 0 saturated heterocycles. The van der Waals surface area contributed by atoms with Crippen molar-refractivity contribution in [3.8, 4) is 11.6 Å². The second kappa shape index (κ2) is 6.21. The molecule has 0 unspecified atom stereocenters. The molecule has 0 aliphatic heterocycles. The Balaban J connectivity index is 2.48. The number of halogens is 1. The lowest BCUT2D eigenvalue weighted by Crippen LogP contribution is -2.03. The van der Waals surface area contributed by atoms with Crippen molar-refractivity contribution in [1.82, 2.24) is 9.78 Å². The summed E-state index contributed by atoms with van der Waals surface area (Å²) in [7, 11) is 0. The van der Waals surface area contributed by atoms with Gasteiger partial charge in [0.05, 0.1) is 8.49 Å². The molecule has 0 amide bonds. The highest BCUT2D eigenvalue weighted by molar-refractivity contribution is 14.1. The number of hydrogen-bond donors (Lipinski definition) is 0. The van der Waals surface area contributed by atoms with Gasteiger partial charge in [-0.3, -0.25) is 10.1 Å². The maximum absolute atomic E-state index is 11.2. The van der Waals surface area contributed by atoms with Crippen LogP contribution in [0.2, 0.25) is 0 Å². The van der Waals surface area contributed by atoms with Gasteiger partial charge in [-0.2, -0.15) is 5.10 Å². The summed E-state index contributed by atoms with van der Waals surface area (Å²) in [6.07, 6.45) is 0.820. The summed E-state index contributed by atoms with van der Waals surface area (Å²) in [5, 5.41) is 15.4. The summed E-state index contributed by atoms with van der Waals surface area (Å²) in [5.74, 6) is 0.784. The molecule has 0 saturated carbocycles. The molecular weight excluding hydrogens is 373 g/mol. The number of rotatable bonds is 5. The van der Waals surface area contributed by atoms with Crippen LogP contribution in [-0.4, -0.2) is 14.7 Å². The van der Waals surface area contributed by atoms with Crippen molar-refractivity contribution in [3.63, 3.8) is 0 Å². The maximum Gasteiger partial charge on any atom is 0.353 e. The van der Waals surface area contributed by atoms with Crippen molar-refractivity contribution in [2.24, 2.45) is 0 Å². The molecule has 6 nitrogen and oxygen atoms in total. The monoisotopic (exact) mass is 387 g/mol. The minimum atomic E-state index is -0.445. The predicted octanol–water partition coefficient (Wildman–Crippen LogP) is 3.91. The number of para-hydroxylation sites is 1. The highest BCUT2D eigenvalue weighted by atomic mass is 127. The van der Waals surface area contributed by atoms with E-state index in [1.807, 2.05) is 25.1 Å². The molecule has 0 spiro atoms. The molecule has 2 rings (SSSR count). The lowest BCUT2D eigenvalue weighted by Gasteiger charge is -2.08. The quantitative estimate of drug-likeness (QED) is 0.443. The van der Waals surface area contributed by atoms with E-state index in [0.717, 1.165) is 9.99 Å². The zero-order valence-corrected chi connectivity index (χ0v) is 13.3. The van der Waals surface area contributed by atoms with Crippen LogP contribution in [0.4, 0.5) is 5.69 Å². The van der Waals surface area contributed by atoms with Gasteiger partial charge in [0.1, 0.15) is 11.4 Å². The number of aromatic nitrogens is 2. The zero-order valence-electron chi connectivity index (χ0n) is 11.2. The minimum absolute atomic E-state index is 0.0712. The van der Waals surface area contributed by atoms with E-state index in [1.54, 1.807) is 17.7 Å². The SMILES string of the molecule is CCCn1nc(C)c([N+](=O)[O-])c1Oc1ccccc1I. The van der Waals surface area contributed by atoms with Gasteiger partial charge in [-0.05, 0) is 48.1 Å². The first-order chi connectivity index (χ1) is 9.54. The first-order valence-electron chi connectivity index (χ1n) is 6.18. The van der Waals surface area contributed by atoms with Crippen LogP contribution in [0.3, 0.4) is 0 Å². The summed E-state index contributed by atoms with van der Waals surface area (Å²) in [4.78, 5) is 10.8. The van der Waals surface area contributed by atoms with Crippen LogP contribution < -0.4 is 4.74 Å². The van der Waals surface area contributed by atoms with Crippen LogP contribution in [-0.2, 0) is 6.54 Å². The van der Waals surface area contributed by atoms with Crippen molar-refractivity contribution in [2.45, 2.75) is 26.8 Å². The molecule has 0 fully saturated rings. The summed E-state index contributed by atoms with van der Waals surface area (Å²) in [6, 6.07) is 7.38. The van der Waals surface area contributed by atoms with Gasteiger partial charge >= 0.3 is 5.69 Å². The minimum Gasteiger partial charge on any atom is -0.433 e. The molecule has 0 radical (unpaired) electrons. The molecule has 0 N–H and O–H groups in total. The Morgan fingerprint density at radius 2 is 2.15 bits per heavy atom. The Bertz CT molecular complexity index is 640. The number of hydrogen-bond acceptors (Lipinski definition) is 4. The summed E-state index contributed by atoms with van der Waals surface area (Å²) in [6.45, 7) is 4.18. The summed E-state index contributed by atoms with van der Waals surface area (Å²) < 4.78 is 8.20. The van der Waals surface area contributed by atoms with Gasteiger partial charge in [0, 0.05) is 6.54 Å². The third-order valence-electron chi connectivity index (χ3n) is 2.71. The van der Waals surface area contributed by atoms with Crippen molar-refractivity contribution in [1.29, 1.82) is 0 Å². The molecule has 20 heavy (non-hydrogen) atoms. The Hall–Kier alpha value is -1.64. The fourth-order valence-electron chi connectivity index (χ4n) is 1.86. The molecule has 7 heteroatoms. The van der Waals surface area contributed by atoms with E-state index in [4.69, 9.17) is 4.74 Å². The standard InChI is InChI=1S/C13H14IN3O3/c1-3-8-16-13(12(17(18)19)9(2)15-16)20-11-7-5-4-6-10(11)14/h4-7H,3,8H2,1-2H3. The van der Waals surface area contributed by atoms with E-state index in [2.05, 4.69) is 27.7 Å². The van der Waals surface area contributed by atoms with E-state index in [0.29, 0.717) is 18.0 Å². The number of ether oxygens (including phenoxy) is 1. The smallest absolute Gasteiger partial charge is 0.353 e. The van der Waals surface area contributed by atoms with Gasteiger partial charge in [0.2, 0.25) is 0 Å². The first kappa shape index (κ1) is 14.8. The van der Waals surface area contributed by atoms with Crippen LogP contribution in [0.25, 0.3) is 0 Å². The third kappa shape index (κ3) is 2.92. The van der Waals surface area contributed by atoms with Gasteiger partial charge in [0.25, 0.3) is 5.88 Å². The van der Waals surface area contributed by atoms with Crippen LogP contribution in [0.15, 0.2) is 24.3 Å². The topological polar surface area (TPSA) is 70.2 Å². The third-order valence-corrected chi connectivity index (χ3v) is 3.60. The molecule has 0 bridgehead atoms. The Labute approximate surface area is 130 Å². The molecule has 1 aromatic carbocycles. The second-order valence-corrected chi connectivity index (χ2v) is 5.41. The summed E-state index contributed by atoms with van der Waals surface area (Å²) in [5.41, 5.74) is 0.294. The number of benzene rings is 1. The lowest BCUT2D eigenvalue weighted by molar-refractivity contribution is -0.386. The Kier molecular flexibility index (Phi) is 4.58. The second-order valence-electron chi connectivity index (χ2n) is 4.25. The van der Waals surface area contributed by atoms with Crippen LogP contribution >= 0.6 is 22.6 Å². The molecule has 106 valence electrons. The number of aryl methyl sites for hydroxylation is 2. The van der Waals surface area contributed by atoms with Gasteiger partial charge in [-0.25, -0.2) is 4.68 Å². The normalized spacial score (nSPS) is 10.6. The van der Waals surface area contributed by atoms with Gasteiger partial charge < -0.3 is 4.74 Å². The molecule has 1 aromatic heterocycles. The van der Waals surface area contributed by atoms with E-state index in [9.17, 15) is 10.1 Å². The molecular formula is C13H14IN3O3. The van der Waals surface area contributed by atoms with E-state index >= 15 is 0 Å². The first-order valence-corrected chi connectivity index (χ1v) is 7.26. The molecule has 2 aromatic rings. The van der Waals surface area contributed by atoms with Crippen LogP contribution in [0.5, 0.6) is 11.6 Å². The highest BCUT2D eigenvalue weighted by Gasteiger charge is 2.27. The Morgan fingerprint density at radius 1 is 1.45 bits per heavy atom. The fourth-order valence-corrected chi connectivity index (χ4v) is 2.35.